The second kappa shape index (κ2) is 7.16. The summed E-state index contributed by atoms with van der Waals surface area (Å²) in [5, 5.41) is 20.3. The van der Waals surface area contributed by atoms with Gasteiger partial charge in [-0.3, -0.25) is 13.9 Å². The van der Waals surface area contributed by atoms with E-state index < -0.39 is 44.5 Å². The summed E-state index contributed by atoms with van der Waals surface area (Å²) in [6.07, 6.45) is -2.69. The second-order valence-corrected chi connectivity index (χ2v) is 7.16. The summed E-state index contributed by atoms with van der Waals surface area (Å²) in [6, 6.07) is 0. The maximum absolute atomic E-state index is 12.1. The van der Waals surface area contributed by atoms with Gasteiger partial charge in [0.15, 0.2) is 17.4 Å². The van der Waals surface area contributed by atoms with Gasteiger partial charge in [0, 0.05) is 6.42 Å². The molecule has 1 fully saturated rings. The Morgan fingerprint density at radius 2 is 2.12 bits per heavy atom. The highest BCUT2D eigenvalue weighted by atomic mass is 31.2. The van der Waals surface area contributed by atoms with Crippen LogP contribution in [0, 0.1) is 0 Å². The molecule has 0 aromatic carbocycles. The van der Waals surface area contributed by atoms with Crippen LogP contribution in [0.3, 0.4) is 0 Å². The fraction of sp³-hybridized carbons (Fsp3) is 0.615. The Morgan fingerprint density at radius 3 is 2.77 bits per heavy atom. The van der Waals surface area contributed by atoms with Crippen molar-refractivity contribution < 1.29 is 33.8 Å². The van der Waals surface area contributed by atoms with E-state index in [1.54, 1.807) is 0 Å². The Hall–Kier alpha value is -1.66. The molecule has 0 saturated carbocycles. The van der Waals surface area contributed by atoms with Crippen molar-refractivity contribution in [3.63, 3.8) is 0 Å². The predicted octanol–water partition coefficient (Wildman–Crippen LogP) is -1.20. The van der Waals surface area contributed by atoms with E-state index in [1.165, 1.54) is 10.9 Å². The van der Waals surface area contributed by atoms with E-state index in [-0.39, 0.29) is 11.2 Å². The quantitative estimate of drug-likeness (QED) is 0.376. The number of ether oxygens (including phenoxy) is 1. The molecule has 2 aromatic rings. The highest BCUT2D eigenvalue weighted by molar-refractivity contribution is 7.46. The van der Waals surface area contributed by atoms with Crippen LogP contribution in [0.2, 0.25) is 0 Å². The van der Waals surface area contributed by atoms with Crippen molar-refractivity contribution in [1.29, 1.82) is 0 Å². The molecule has 4 unspecified atom stereocenters. The molecular weight excluding hydrogens is 371 g/mol. The molecule has 3 heterocycles. The first-order chi connectivity index (χ1) is 12.2. The summed E-state index contributed by atoms with van der Waals surface area (Å²) < 4.78 is 21.9. The fourth-order valence-corrected chi connectivity index (χ4v) is 3.12. The molecule has 13 heteroatoms. The lowest BCUT2D eigenvalue weighted by Crippen LogP contribution is -2.33. The number of hydrogen-bond acceptors (Lipinski definition) is 8. The Bertz CT molecular complexity index is 892. The third-order valence-corrected chi connectivity index (χ3v) is 4.47. The first-order valence-electron chi connectivity index (χ1n) is 7.88. The number of rotatable bonds is 6. The van der Waals surface area contributed by atoms with E-state index in [4.69, 9.17) is 14.5 Å². The number of nitrogens with one attached hydrogen (secondary N) is 1. The normalized spacial score (nSPS) is 26.7. The molecule has 2 aromatic heterocycles. The zero-order valence-corrected chi connectivity index (χ0v) is 14.6. The van der Waals surface area contributed by atoms with Crippen molar-refractivity contribution in [1.82, 2.24) is 19.5 Å². The van der Waals surface area contributed by atoms with Crippen LogP contribution < -0.4 is 5.56 Å². The minimum absolute atomic E-state index is 0.0464. The Balaban J connectivity index is 1.91. The van der Waals surface area contributed by atoms with Crippen molar-refractivity contribution in [2.45, 2.75) is 44.3 Å². The molecule has 3 rings (SSSR count). The second-order valence-electron chi connectivity index (χ2n) is 5.92. The zero-order chi connectivity index (χ0) is 19.1. The van der Waals surface area contributed by atoms with E-state index in [1.807, 2.05) is 6.92 Å². The van der Waals surface area contributed by atoms with Crippen LogP contribution in [0.25, 0.3) is 11.2 Å². The minimum atomic E-state index is -4.75. The molecule has 0 aliphatic carbocycles. The first kappa shape index (κ1) is 19.1. The highest BCUT2D eigenvalue weighted by Gasteiger charge is 2.45. The third kappa shape index (κ3) is 3.71. The number of phosphoric acid groups is 1. The van der Waals surface area contributed by atoms with E-state index in [9.17, 15) is 19.6 Å². The first-order valence-corrected chi connectivity index (χ1v) is 9.41. The molecule has 0 spiro atoms. The monoisotopic (exact) mass is 390 g/mol. The van der Waals surface area contributed by atoms with Crippen molar-refractivity contribution in [3.8, 4) is 0 Å². The van der Waals surface area contributed by atoms with Crippen molar-refractivity contribution in [2.24, 2.45) is 0 Å². The van der Waals surface area contributed by atoms with Gasteiger partial charge in [-0.1, -0.05) is 6.92 Å². The fourth-order valence-electron chi connectivity index (χ4n) is 2.78. The van der Waals surface area contributed by atoms with Gasteiger partial charge in [-0.05, 0) is 6.42 Å². The lowest BCUT2D eigenvalue weighted by atomic mass is 10.1. The number of hydrogen-bond donors (Lipinski definition) is 5. The number of phosphoric ester groups is 1. The maximum atomic E-state index is 12.1. The Kier molecular flexibility index (Phi) is 5.26. The van der Waals surface area contributed by atoms with Gasteiger partial charge in [-0.15, -0.1) is 0 Å². The lowest BCUT2D eigenvalue weighted by molar-refractivity contribution is -0.0504. The van der Waals surface area contributed by atoms with Crippen LogP contribution in [0.5, 0.6) is 0 Å². The summed E-state index contributed by atoms with van der Waals surface area (Å²) in [5.41, 5.74) is -0.221. The van der Waals surface area contributed by atoms with Crippen LogP contribution in [-0.4, -0.2) is 64.4 Å². The van der Waals surface area contributed by atoms with Gasteiger partial charge in [0.2, 0.25) is 0 Å². The van der Waals surface area contributed by atoms with Crippen LogP contribution in [0.15, 0.2) is 11.1 Å². The number of nitrogens with zero attached hydrogens (tertiary/aromatic N) is 3. The van der Waals surface area contributed by atoms with Gasteiger partial charge in [-0.25, -0.2) is 14.5 Å². The van der Waals surface area contributed by atoms with Crippen molar-refractivity contribution in [3.05, 3.63) is 22.5 Å². The summed E-state index contributed by atoms with van der Waals surface area (Å²) >= 11 is 0. The average Bonchev–Trinajstić information content (AvgIpc) is 3.08. The molecule has 1 aliphatic heterocycles. The van der Waals surface area contributed by atoms with E-state index >= 15 is 0 Å². The summed E-state index contributed by atoms with van der Waals surface area (Å²) in [6.45, 7) is 1.30. The van der Waals surface area contributed by atoms with Crippen LogP contribution >= 0.6 is 7.82 Å². The molecule has 144 valence electrons. The Labute approximate surface area is 146 Å². The number of aliphatic hydroxyl groups excluding tert-OH is 2. The SMILES string of the molecule is CCCc1nc2c(ncn2C2OC(COP(=O)(O)O)C(O)C2O)c(=O)[nH]1. The van der Waals surface area contributed by atoms with Crippen LogP contribution in [0.1, 0.15) is 25.4 Å². The number of H-pyrrole nitrogens is 1. The topological polar surface area (TPSA) is 180 Å². The molecule has 12 nitrogen and oxygen atoms in total. The molecule has 4 atom stereocenters. The van der Waals surface area contributed by atoms with E-state index in [2.05, 4.69) is 19.5 Å². The summed E-state index contributed by atoms with van der Waals surface area (Å²) in [5.74, 6) is 0.446. The smallest absolute Gasteiger partial charge is 0.387 e. The molecule has 0 radical (unpaired) electrons. The van der Waals surface area contributed by atoms with Gasteiger partial charge in [0.25, 0.3) is 5.56 Å². The molecular formula is C13H19N4O8P. The molecule has 1 saturated heterocycles. The van der Waals surface area contributed by atoms with Crippen LogP contribution in [0.4, 0.5) is 0 Å². The number of imidazole rings is 1. The van der Waals surface area contributed by atoms with Crippen molar-refractivity contribution >= 4 is 19.0 Å². The number of aromatic amines is 1. The average molecular weight is 390 g/mol. The van der Waals surface area contributed by atoms with Gasteiger partial charge < -0.3 is 29.7 Å². The van der Waals surface area contributed by atoms with E-state index in [0.29, 0.717) is 12.2 Å². The third-order valence-electron chi connectivity index (χ3n) is 3.99. The van der Waals surface area contributed by atoms with Crippen LogP contribution in [-0.2, 0) is 20.2 Å². The van der Waals surface area contributed by atoms with Gasteiger partial charge in [0.05, 0.1) is 12.9 Å². The van der Waals surface area contributed by atoms with Crippen molar-refractivity contribution in [2.75, 3.05) is 6.61 Å². The van der Waals surface area contributed by atoms with Gasteiger partial charge in [0.1, 0.15) is 24.1 Å². The highest BCUT2D eigenvalue weighted by Crippen LogP contribution is 2.38. The van der Waals surface area contributed by atoms with Gasteiger partial charge >= 0.3 is 7.82 Å². The molecule has 26 heavy (non-hydrogen) atoms. The van der Waals surface area contributed by atoms with Gasteiger partial charge in [-0.2, -0.15) is 0 Å². The number of aryl methyl sites for hydroxylation is 1. The summed E-state index contributed by atoms with van der Waals surface area (Å²) in [7, 11) is -4.75. The Morgan fingerprint density at radius 1 is 1.38 bits per heavy atom. The minimum Gasteiger partial charge on any atom is -0.387 e. The number of aromatic nitrogens is 4. The number of aliphatic hydroxyl groups is 2. The maximum Gasteiger partial charge on any atom is 0.469 e. The molecule has 1 aliphatic rings. The molecule has 0 amide bonds. The summed E-state index contributed by atoms with van der Waals surface area (Å²) in [4.78, 5) is 40.5. The largest absolute Gasteiger partial charge is 0.469 e. The van der Waals surface area contributed by atoms with E-state index in [0.717, 1.165) is 6.42 Å². The number of fused-ring (bicyclic) bond motifs is 1. The standard InChI is InChI=1S/C13H19N4O8P/c1-2-3-7-15-11-8(12(20)16-7)14-5-17(11)13-10(19)9(18)6(25-13)4-24-26(21,22)23/h5-6,9-10,13,18-19H,2-4H2,1H3,(H,15,16,20)(H2,21,22,23). The molecule has 0 bridgehead atoms. The lowest BCUT2D eigenvalue weighted by Gasteiger charge is -2.16. The molecule has 5 N–H and O–H groups in total. The predicted molar refractivity (Wildman–Crippen MR) is 86.1 cm³/mol. The zero-order valence-electron chi connectivity index (χ0n) is 13.7.